The number of nitrogens with one attached hydrogen (secondary N) is 1. The summed E-state index contributed by atoms with van der Waals surface area (Å²) in [7, 11) is 0. The molecule has 2 heterocycles. The Morgan fingerprint density at radius 3 is 2.81 bits per heavy atom. The molecule has 0 spiro atoms. The third kappa shape index (κ3) is 3.14. The first kappa shape index (κ1) is 17.5. The summed E-state index contributed by atoms with van der Waals surface area (Å²) in [5.74, 6) is 1.40. The summed E-state index contributed by atoms with van der Waals surface area (Å²) in [5, 5.41) is 3.31. The van der Waals surface area contributed by atoms with Crippen molar-refractivity contribution in [2.45, 2.75) is 12.5 Å². The molecule has 1 N–H and O–H groups in total. The molecule has 1 saturated heterocycles. The lowest BCUT2D eigenvalue weighted by molar-refractivity contribution is -0.131. The molecular weight excluding hydrogens is 372 g/mol. The molecule has 1 fully saturated rings. The van der Waals surface area contributed by atoms with Crippen molar-refractivity contribution >= 4 is 23.5 Å². The van der Waals surface area contributed by atoms with Gasteiger partial charge in [0.2, 0.25) is 6.79 Å². The number of amides is 3. The largest absolute Gasteiger partial charge is 0.492 e. The summed E-state index contributed by atoms with van der Waals surface area (Å²) in [6.45, 7) is 2.10. The van der Waals surface area contributed by atoms with Crippen molar-refractivity contribution in [3.63, 3.8) is 0 Å². The minimum Gasteiger partial charge on any atom is -0.492 e. The second kappa shape index (κ2) is 6.66. The van der Waals surface area contributed by atoms with E-state index < -0.39 is 11.6 Å². The number of nitrogens with zero attached hydrogens (tertiary/aromatic N) is 1. The Kier molecular flexibility index (Phi) is 4.31. The van der Waals surface area contributed by atoms with Crippen molar-refractivity contribution in [3.8, 4) is 17.2 Å². The Morgan fingerprint density at radius 2 is 2.00 bits per heavy atom. The molecule has 2 aliphatic heterocycles. The van der Waals surface area contributed by atoms with Gasteiger partial charge < -0.3 is 19.5 Å². The minimum absolute atomic E-state index is 0.122. The van der Waals surface area contributed by atoms with Crippen LogP contribution in [-0.4, -0.2) is 36.8 Å². The molecule has 7 nitrogen and oxygen atoms in total. The molecule has 27 heavy (non-hydrogen) atoms. The zero-order valence-corrected chi connectivity index (χ0v) is 15.3. The highest BCUT2D eigenvalue weighted by Crippen LogP contribution is 2.37. The monoisotopic (exact) mass is 388 g/mol. The average molecular weight is 389 g/mol. The molecule has 1 atom stereocenters. The number of imide groups is 1. The molecule has 0 saturated carbocycles. The highest BCUT2D eigenvalue weighted by molar-refractivity contribution is 6.30. The first-order chi connectivity index (χ1) is 13.0. The number of carbonyl (C=O) groups is 2. The van der Waals surface area contributed by atoms with Gasteiger partial charge in [-0.25, -0.2) is 4.79 Å². The lowest BCUT2D eigenvalue weighted by Gasteiger charge is -2.22. The van der Waals surface area contributed by atoms with Gasteiger partial charge in [0.1, 0.15) is 17.9 Å². The van der Waals surface area contributed by atoms with E-state index in [1.54, 1.807) is 49.4 Å². The van der Waals surface area contributed by atoms with Crippen LogP contribution in [0.25, 0.3) is 0 Å². The lowest BCUT2D eigenvalue weighted by atomic mass is 9.91. The summed E-state index contributed by atoms with van der Waals surface area (Å²) >= 11 is 5.91. The SMILES string of the molecule is C[C@]1(c2ccc3c(c2)OCO3)NC(=O)N(CCOc2cccc(Cl)c2)C1=O. The minimum atomic E-state index is -1.17. The number of rotatable bonds is 5. The maximum absolute atomic E-state index is 12.9. The molecule has 0 aromatic heterocycles. The fourth-order valence-corrected chi connectivity index (χ4v) is 3.30. The number of hydrogen-bond acceptors (Lipinski definition) is 5. The fourth-order valence-electron chi connectivity index (χ4n) is 3.11. The molecule has 4 rings (SSSR count). The van der Waals surface area contributed by atoms with Gasteiger partial charge in [-0.3, -0.25) is 9.69 Å². The number of carbonyl (C=O) groups excluding carboxylic acids is 2. The maximum Gasteiger partial charge on any atom is 0.325 e. The Bertz CT molecular complexity index is 919. The average Bonchev–Trinajstić information content (AvgIpc) is 3.20. The molecule has 0 bridgehead atoms. The van der Waals surface area contributed by atoms with E-state index in [-0.39, 0.29) is 25.9 Å². The second-order valence-electron chi connectivity index (χ2n) is 6.39. The molecule has 0 radical (unpaired) electrons. The molecule has 8 heteroatoms. The Hall–Kier alpha value is -2.93. The number of ether oxygens (including phenoxy) is 3. The van der Waals surface area contributed by atoms with Crippen LogP contribution < -0.4 is 19.5 Å². The zero-order valence-electron chi connectivity index (χ0n) is 14.5. The highest BCUT2D eigenvalue weighted by atomic mass is 35.5. The van der Waals surface area contributed by atoms with Gasteiger partial charge in [0.15, 0.2) is 11.5 Å². The number of benzene rings is 2. The zero-order chi connectivity index (χ0) is 19.0. The van der Waals surface area contributed by atoms with E-state index in [9.17, 15) is 9.59 Å². The lowest BCUT2D eigenvalue weighted by Crippen LogP contribution is -2.41. The third-order valence-corrected chi connectivity index (χ3v) is 4.84. The Morgan fingerprint density at radius 1 is 1.19 bits per heavy atom. The molecule has 0 aliphatic carbocycles. The van der Waals surface area contributed by atoms with E-state index >= 15 is 0 Å². The molecule has 2 aliphatic rings. The van der Waals surface area contributed by atoms with Gasteiger partial charge in [0.05, 0.1) is 6.54 Å². The summed E-state index contributed by atoms with van der Waals surface area (Å²) < 4.78 is 16.2. The predicted octanol–water partition coefficient (Wildman–Crippen LogP) is 2.91. The van der Waals surface area contributed by atoms with Crippen LogP contribution >= 0.6 is 11.6 Å². The molecular formula is C19H17ClN2O5. The Labute approximate surface area is 160 Å². The number of urea groups is 1. The first-order valence-corrected chi connectivity index (χ1v) is 8.78. The molecule has 2 aromatic carbocycles. The highest BCUT2D eigenvalue weighted by Gasteiger charge is 2.49. The van der Waals surface area contributed by atoms with Gasteiger partial charge in [-0.05, 0) is 42.8 Å². The van der Waals surface area contributed by atoms with Crippen molar-refractivity contribution < 1.29 is 23.8 Å². The van der Waals surface area contributed by atoms with Gasteiger partial charge >= 0.3 is 6.03 Å². The van der Waals surface area contributed by atoms with Crippen LogP contribution in [-0.2, 0) is 10.3 Å². The van der Waals surface area contributed by atoms with Crippen LogP contribution in [0.3, 0.4) is 0 Å². The number of fused-ring (bicyclic) bond motifs is 1. The third-order valence-electron chi connectivity index (χ3n) is 4.60. The van der Waals surface area contributed by atoms with Crippen molar-refractivity contribution in [1.29, 1.82) is 0 Å². The predicted molar refractivity (Wildman–Crippen MR) is 97.1 cm³/mol. The molecule has 3 amide bonds. The topological polar surface area (TPSA) is 77.1 Å². The van der Waals surface area contributed by atoms with Crippen LogP contribution in [0.5, 0.6) is 17.2 Å². The standard InChI is InChI=1S/C19H17ClN2O5/c1-19(12-5-6-15-16(9-12)27-11-26-15)17(23)22(18(24)21-19)7-8-25-14-4-2-3-13(20)10-14/h2-6,9-10H,7-8,11H2,1H3,(H,21,24)/t19-/m1/s1. The van der Waals surface area contributed by atoms with Crippen molar-refractivity contribution in [2.75, 3.05) is 19.9 Å². The van der Waals surface area contributed by atoms with Crippen LogP contribution in [0.1, 0.15) is 12.5 Å². The summed E-state index contributed by atoms with van der Waals surface area (Å²) in [5.41, 5.74) is -0.544. The number of halogens is 1. The van der Waals surface area contributed by atoms with Crippen molar-refractivity contribution in [2.24, 2.45) is 0 Å². The summed E-state index contributed by atoms with van der Waals surface area (Å²) in [4.78, 5) is 26.4. The second-order valence-corrected chi connectivity index (χ2v) is 6.82. The quantitative estimate of drug-likeness (QED) is 0.797. The van der Waals surface area contributed by atoms with Crippen LogP contribution in [0.15, 0.2) is 42.5 Å². The van der Waals surface area contributed by atoms with Crippen LogP contribution in [0, 0.1) is 0 Å². The molecule has 2 aromatic rings. The van der Waals surface area contributed by atoms with Gasteiger partial charge in [0.25, 0.3) is 5.91 Å². The van der Waals surface area contributed by atoms with E-state index in [2.05, 4.69) is 5.32 Å². The normalized spacial score (nSPS) is 20.7. The maximum atomic E-state index is 12.9. The van der Waals surface area contributed by atoms with Gasteiger partial charge in [-0.1, -0.05) is 23.7 Å². The summed E-state index contributed by atoms with van der Waals surface area (Å²) in [6, 6.07) is 11.7. The van der Waals surface area contributed by atoms with Gasteiger partial charge in [-0.2, -0.15) is 0 Å². The van der Waals surface area contributed by atoms with Gasteiger partial charge in [0, 0.05) is 5.02 Å². The van der Waals surface area contributed by atoms with E-state index in [4.69, 9.17) is 25.8 Å². The first-order valence-electron chi connectivity index (χ1n) is 8.40. The number of hydrogen-bond donors (Lipinski definition) is 1. The van der Waals surface area contributed by atoms with E-state index in [1.807, 2.05) is 0 Å². The molecule has 140 valence electrons. The Balaban J connectivity index is 1.46. The van der Waals surface area contributed by atoms with Crippen LogP contribution in [0.4, 0.5) is 4.79 Å². The van der Waals surface area contributed by atoms with E-state index in [0.717, 1.165) is 4.90 Å². The van der Waals surface area contributed by atoms with Crippen molar-refractivity contribution in [3.05, 3.63) is 53.1 Å². The van der Waals surface area contributed by atoms with Crippen LogP contribution in [0.2, 0.25) is 5.02 Å². The van der Waals surface area contributed by atoms with Gasteiger partial charge in [-0.15, -0.1) is 0 Å². The molecule has 0 unspecified atom stereocenters. The fraction of sp³-hybridized carbons (Fsp3) is 0.263. The van der Waals surface area contributed by atoms with E-state index in [0.29, 0.717) is 27.8 Å². The summed E-state index contributed by atoms with van der Waals surface area (Å²) in [6.07, 6.45) is 0. The smallest absolute Gasteiger partial charge is 0.325 e. The van der Waals surface area contributed by atoms with E-state index in [1.165, 1.54) is 0 Å². The van der Waals surface area contributed by atoms with Crippen molar-refractivity contribution in [1.82, 2.24) is 10.2 Å².